The van der Waals surface area contributed by atoms with Crippen molar-refractivity contribution in [2.24, 2.45) is 0 Å². The molecule has 2 aromatic carbocycles. The maximum atomic E-state index is 5.77. The number of nitrogens with zero attached hydrogens (tertiary/aromatic N) is 4. The first-order chi connectivity index (χ1) is 12.8. The Morgan fingerprint density at radius 1 is 1.00 bits per heavy atom. The smallest absolute Gasteiger partial charge is 0.254 e. The average molecular weight is 345 g/mol. The Balaban J connectivity index is 1.39. The fourth-order valence-corrected chi connectivity index (χ4v) is 2.69. The van der Waals surface area contributed by atoms with E-state index in [-0.39, 0.29) is 0 Å². The summed E-state index contributed by atoms with van der Waals surface area (Å²) in [6.07, 6.45) is 1.51. The molecular formula is C20H19N5O. The van der Waals surface area contributed by atoms with Gasteiger partial charge in [-0.05, 0) is 30.2 Å². The highest BCUT2D eigenvalue weighted by molar-refractivity contribution is 5.45. The number of aromatic nitrogens is 4. The molecule has 1 N–H and O–H groups in total. The second-order valence-corrected chi connectivity index (χ2v) is 6.03. The molecule has 0 aliphatic carbocycles. The number of benzene rings is 2. The van der Waals surface area contributed by atoms with Gasteiger partial charge in [-0.3, -0.25) is 0 Å². The van der Waals surface area contributed by atoms with E-state index in [2.05, 4.69) is 44.6 Å². The molecule has 4 rings (SSSR count). The number of rotatable bonds is 6. The van der Waals surface area contributed by atoms with Crippen LogP contribution in [0.5, 0.6) is 5.75 Å². The number of aryl methyl sites for hydroxylation is 1. The van der Waals surface area contributed by atoms with Crippen molar-refractivity contribution in [3.8, 4) is 5.75 Å². The minimum absolute atomic E-state index is 0.556. The summed E-state index contributed by atoms with van der Waals surface area (Å²) in [7, 11) is 0. The lowest BCUT2D eigenvalue weighted by atomic mass is 10.1. The third-order valence-electron chi connectivity index (χ3n) is 4.03. The molecule has 0 amide bonds. The predicted molar refractivity (Wildman–Crippen MR) is 100 cm³/mol. The summed E-state index contributed by atoms with van der Waals surface area (Å²) in [5.74, 6) is 2.35. The fraction of sp³-hybridized carbons (Fsp3) is 0.150. The number of ether oxygens (including phenoxy) is 1. The summed E-state index contributed by atoms with van der Waals surface area (Å²) in [6, 6.07) is 20.2. The maximum absolute atomic E-state index is 5.77. The molecule has 2 aromatic heterocycles. The van der Waals surface area contributed by atoms with Crippen molar-refractivity contribution in [1.29, 1.82) is 0 Å². The van der Waals surface area contributed by atoms with E-state index >= 15 is 0 Å². The first kappa shape index (κ1) is 16.1. The average Bonchev–Trinajstić information content (AvgIpc) is 3.14. The molecule has 2 heterocycles. The topological polar surface area (TPSA) is 64.3 Å². The molecule has 4 aromatic rings. The number of anilines is 1. The van der Waals surface area contributed by atoms with E-state index in [0.29, 0.717) is 18.9 Å². The zero-order valence-electron chi connectivity index (χ0n) is 14.5. The van der Waals surface area contributed by atoms with Crippen LogP contribution in [0.3, 0.4) is 0 Å². The normalized spacial score (nSPS) is 10.8. The van der Waals surface area contributed by atoms with Crippen LogP contribution in [0.15, 0.2) is 67.0 Å². The minimum atomic E-state index is 0.556. The largest absolute Gasteiger partial charge is 0.489 e. The molecule has 0 spiro atoms. The van der Waals surface area contributed by atoms with E-state index in [9.17, 15) is 0 Å². The van der Waals surface area contributed by atoms with Crippen molar-refractivity contribution in [1.82, 2.24) is 19.6 Å². The monoisotopic (exact) mass is 345 g/mol. The van der Waals surface area contributed by atoms with Crippen LogP contribution in [0.2, 0.25) is 0 Å². The van der Waals surface area contributed by atoms with E-state index in [4.69, 9.17) is 4.74 Å². The molecule has 0 fully saturated rings. The van der Waals surface area contributed by atoms with Crippen LogP contribution in [0.25, 0.3) is 5.78 Å². The molecule has 0 aliphatic rings. The minimum Gasteiger partial charge on any atom is -0.489 e. The summed E-state index contributed by atoms with van der Waals surface area (Å²) in [5.41, 5.74) is 3.22. The van der Waals surface area contributed by atoms with Gasteiger partial charge >= 0.3 is 0 Å². The van der Waals surface area contributed by atoms with Crippen molar-refractivity contribution >= 4 is 11.6 Å². The third-order valence-corrected chi connectivity index (χ3v) is 4.03. The van der Waals surface area contributed by atoms with E-state index in [1.807, 2.05) is 43.3 Å². The van der Waals surface area contributed by atoms with Crippen LogP contribution >= 0.6 is 0 Å². The number of para-hydroxylation sites is 1. The van der Waals surface area contributed by atoms with Crippen LogP contribution in [0, 0.1) is 6.92 Å². The Kier molecular flexibility index (Phi) is 4.47. The van der Waals surface area contributed by atoms with Crippen molar-refractivity contribution in [3.05, 3.63) is 83.8 Å². The fourth-order valence-electron chi connectivity index (χ4n) is 2.69. The lowest BCUT2D eigenvalue weighted by Gasteiger charge is -2.10. The van der Waals surface area contributed by atoms with Crippen molar-refractivity contribution in [2.45, 2.75) is 20.1 Å². The van der Waals surface area contributed by atoms with Crippen LogP contribution < -0.4 is 10.1 Å². The molecule has 0 unspecified atom stereocenters. The molecule has 6 nitrogen and oxygen atoms in total. The van der Waals surface area contributed by atoms with Gasteiger partial charge in [-0.15, -0.1) is 0 Å². The number of nitrogens with one attached hydrogen (secondary N) is 1. The molecule has 0 saturated carbocycles. The van der Waals surface area contributed by atoms with E-state index in [1.165, 1.54) is 11.9 Å². The molecular weight excluding hydrogens is 326 g/mol. The van der Waals surface area contributed by atoms with Gasteiger partial charge in [0.15, 0.2) is 0 Å². The van der Waals surface area contributed by atoms with Crippen LogP contribution in [-0.2, 0) is 13.2 Å². The standard InChI is InChI=1S/C20H19N5O/c1-15-11-19(25-20(24-15)22-14-23-25)21-12-16-7-9-17(10-8-16)13-26-18-5-3-2-4-6-18/h2-11,14,21H,12-13H2,1H3. The molecule has 0 aliphatic heterocycles. The van der Waals surface area contributed by atoms with Gasteiger partial charge in [0.2, 0.25) is 0 Å². The highest BCUT2D eigenvalue weighted by atomic mass is 16.5. The van der Waals surface area contributed by atoms with Gasteiger partial charge in [-0.2, -0.15) is 14.6 Å². The van der Waals surface area contributed by atoms with E-state index < -0.39 is 0 Å². The number of hydrogen-bond acceptors (Lipinski definition) is 5. The second kappa shape index (κ2) is 7.23. The van der Waals surface area contributed by atoms with Crippen LogP contribution in [-0.4, -0.2) is 19.6 Å². The first-order valence-corrected chi connectivity index (χ1v) is 8.45. The van der Waals surface area contributed by atoms with Crippen LogP contribution in [0.4, 0.5) is 5.82 Å². The van der Waals surface area contributed by atoms with Gasteiger partial charge in [0.25, 0.3) is 5.78 Å². The van der Waals surface area contributed by atoms with E-state index in [0.717, 1.165) is 22.8 Å². The summed E-state index contributed by atoms with van der Waals surface area (Å²) in [4.78, 5) is 8.48. The molecule has 0 atom stereocenters. The Morgan fingerprint density at radius 3 is 2.58 bits per heavy atom. The van der Waals surface area contributed by atoms with Crippen molar-refractivity contribution in [3.63, 3.8) is 0 Å². The summed E-state index contributed by atoms with van der Waals surface area (Å²) in [6.45, 7) is 3.19. The molecule has 130 valence electrons. The van der Waals surface area contributed by atoms with E-state index in [1.54, 1.807) is 4.52 Å². The predicted octanol–water partition coefficient (Wildman–Crippen LogP) is 3.62. The lowest BCUT2D eigenvalue weighted by Crippen LogP contribution is -2.07. The zero-order valence-corrected chi connectivity index (χ0v) is 14.5. The zero-order chi connectivity index (χ0) is 17.8. The SMILES string of the molecule is Cc1cc(NCc2ccc(COc3ccccc3)cc2)n2ncnc2n1. The van der Waals surface area contributed by atoms with Gasteiger partial charge in [0, 0.05) is 18.3 Å². The van der Waals surface area contributed by atoms with Crippen molar-refractivity contribution in [2.75, 3.05) is 5.32 Å². The Hall–Kier alpha value is -3.41. The van der Waals surface area contributed by atoms with Gasteiger partial charge < -0.3 is 10.1 Å². The van der Waals surface area contributed by atoms with Gasteiger partial charge in [0.1, 0.15) is 24.5 Å². The number of hydrogen-bond donors (Lipinski definition) is 1. The Bertz CT molecular complexity index is 996. The Labute approximate surface area is 151 Å². The molecule has 0 radical (unpaired) electrons. The quantitative estimate of drug-likeness (QED) is 0.578. The highest BCUT2D eigenvalue weighted by Crippen LogP contribution is 2.14. The molecule has 0 bridgehead atoms. The molecule has 6 heteroatoms. The number of fused-ring (bicyclic) bond motifs is 1. The van der Waals surface area contributed by atoms with Crippen LogP contribution in [0.1, 0.15) is 16.8 Å². The van der Waals surface area contributed by atoms with Gasteiger partial charge in [-0.1, -0.05) is 42.5 Å². The van der Waals surface area contributed by atoms with Gasteiger partial charge in [0.05, 0.1) is 0 Å². The highest BCUT2D eigenvalue weighted by Gasteiger charge is 2.05. The van der Waals surface area contributed by atoms with Crippen molar-refractivity contribution < 1.29 is 4.74 Å². The molecule has 0 saturated heterocycles. The summed E-state index contributed by atoms with van der Waals surface area (Å²) < 4.78 is 7.48. The first-order valence-electron chi connectivity index (χ1n) is 8.45. The Morgan fingerprint density at radius 2 is 1.77 bits per heavy atom. The third kappa shape index (κ3) is 3.64. The summed E-state index contributed by atoms with van der Waals surface area (Å²) in [5, 5.41) is 7.60. The maximum Gasteiger partial charge on any atom is 0.254 e. The second-order valence-electron chi connectivity index (χ2n) is 6.03. The lowest BCUT2D eigenvalue weighted by molar-refractivity contribution is 0.306. The van der Waals surface area contributed by atoms with Gasteiger partial charge in [-0.25, -0.2) is 4.98 Å². The molecule has 26 heavy (non-hydrogen) atoms. The summed E-state index contributed by atoms with van der Waals surface area (Å²) >= 11 is 0.